The standard InChI is InChI=1S/C22H25N5O4S2/c1-16-8-9-18(33(29,30)27-10-12-31-13-11-27)14-19(16)23-20(28)15-32-22-25-24-21(26(22)2)17-6-4-3-5-7-17/h3-9,14H,10-13,15H2,1-2H3,(H,23,28). The number of ether oxygens (including phenoxy) is 1. The van der Waals surface area contributed by atoms with Gasteiger partial charge in [0.2, 0.25) is 15.9 Å². The van der Waals surface area contributed by atoms with Gasteiger partial charge in [-0.1, -0.05) is 48.2 Å². The van der Waals surface area contributed by atoms with Gasteiger partial charge in [-0.3, -0.25) is 4.79 Å². The first-order valence-corrected chi connectivity index (χ1v) is 12.8. The van der Waals surface area contributed by atoms with Gasteiger partial charge in [-0.25, -0.2) is 8.42 Å². The number of sulfonamides is 1. The van der Waals surface area contributed by atoms with E-state index in [0.717, 1.165) is 17.0 Å². The molecular formula is C22H25N5O4S2. The molecular weight excluding hydrogens is 462 g/mol. The summed E-state index contributed by atoms with van der Waals surface area (Å²) in [5, 5.41) is 11.9. The summed E-state index contributed by atoms with van der Waals surface area (Å²) >= 11 is 1.27. The number of aryl methyl sites for hydroxylation is 1. The minimum atomic E-state index is -3.65. The fourth-order valence-electron chi connectivity index (χ4n) is 3.43. The smallest absolute Gasteiger partial charge is 0.243 e. The number of carbonyl (C=O) groups is 1. The average molecular weight is 488 g/mol. The molecule has 4 rings (SSSR count). The average Bonchev–Trinajstić information content (AvgIpc) is 3.20. The zero-order chi connectivity index (χ0) is 23.4. The Labute approximate surface area is 197 Å². The summed E-state index contributed by atoms with van der Waals surface area (Å²) in [7, 11) is -1.79. The van der Waals surface area contributed by atoms with Crippen molar-refractivity contribution in [3.05, 3.63) is 54.1 Å². The number of nitrogens with one attached hydrogen (secondary N) is 1. The molecule has 9 nitrogen and oxygen atoms in total. The van der Waals surface area contributed by atoms with Crippen LogP contribution < -0.4 is 5.32 Å². The second kappa shape index (κ2) is 10.0. The lowest BCUT2D eigenvalue weighted by Crippen LogP contribution is -2.40. The van der Waals surface area contributed by atoms with Crippen LogP contribution in [0, 0.1) is 6.92 Å². The Kier molecular flexibility index (Phi) is 7.13. The Hall–Kier alpha value is -2.73. The number of benzene rings is 2. The highest BCUT2D eigenvalue weighted by Crippen LogP contribution is 2.25. The largest absolute Gasteiger partial charge is 0.379 e. The van der Waals surface area contributed by atoms with E-state index in [0.29, 0.717) is 37.1 Å². The summed E-state index contributed by atoms with van der Waals surface area (Å²) < 4.78 is 34.4. The van der Waals surface area contributed by atoms with Crippen LogP contribution in [0.25, 0.3) is 11.4 Å². The molecule has 2 aromatic carbocycles. The van der Waals surface area contributed by atoms with Crippen molar-refractivity contribution in [3.63, 3.8) is 0 Å². The van der Waals surface area contributed by atoms with Crippen LogP contribution >= 0.6 is 11.8 Å². The summed E-state index contributed by atoms with van der Waals surface area (Å²) in [5.74, 6) is 0.573. The topological polar surface area (TPSA) is 106 Å². The van der Waals surface area contributed by atoms with Crippen LogP contribution in [0.3, 0.4) is 0 Å². The lowest BCUT2D eigenvalue weighted by Gasteiger charge is -2.26. The van der Waals surface area contributed by atoms with Crippen molar-refractivity contribution in [2.45, 2.75) is 17.0 Å². The monoisotopic (exact) mass is 487 g/mol. The van der Waals surface area contributed by atoms with Crippen molar-refractivity contribution >= 4 is 33.4 Å². The molecule has 1 amide bonds. The highest BCUT2D eigenvalue weighted by Gasteiger charge is 2.27. The molecule has 0 bridgehead atoms. The molecule has 0 atom stereocenters. The lowest BCUT2D eigenvalue weighted by atomic mass is 10.2. The van der Waals surface area contributed by atoms with Crippen LogP contribution in [0.15, 0.2) is 58.6 Å². The molecule has 1 aliphatic heterocycles. The van der Waals surface area contributed by atoms with Crippen LogP contribution in [0.4, 0.5) is 5.69 Å². The molecule has 1 aliphatic rings. The van der Waals surface area contributed by atoms with Gasteiger partial charge in [0.15, 0.2) is 11.0 Å². The van der Waals surface area contributed by atoms with Crippen molar-refractivity contribution in [1.29, 1.82) is 0 Å². The van der Waals surface area contributed by atoms with Gasteiger partial charge >= 0.3 is 0 Å². The van der Waals surface area contributed by atoms with Gasteiger partial charge in [0.05, 0.1) is 23.9 Å². The molecule has 0 saturated carbocycles. The van der Waals surface area contributed by atoms with Gasteiger partial charge in [0, 0.05) is 31.4 Å². The molecule has 1 saturated heterocycles. The van der Waals surface area contributed by atoms with Crippen molar-refractivity contribution in [1.82, 2.24) is 19.1 Å². The lowest BCUT2D eigenvalue weighted by molar-refractivity contribution is -0.113. The van der Waals surface area contributed by atoms with E-state index < -0.39 is 10.0 Å². The van der Waals surface area contributed by atoms with Crippen molar-refractivity contribution < 1.29 is 17.9 Å². The van der Waals surface area contributed by atoms with E-state index in [1.807, 2.05) is 48.9 Å². The fourth-order valence-corrected chi connectivity index (χ4v) is 5.57. The molecule has 3 aromatic rings. The van der Waals surface area contributed by atoms with Crippen molar-refractivity contribution in [2.24, 2.45) is 7.05 Å². The van der Waals surface area contributed by atoms with E-state index in [1.165, 1.54) is 22.1 Å². The second-order valence-electron chi connectivity index (χ2n) is 7.56. The van der Waals surface area contributed by atoms with Gasteiger partial charge in [-0.2, -0.15) is 4.31 Å². The number of aromatic nitrogens is 3. The van der Waals surface area contributed by atoms with Gasteiger partial charge in [0.1, 0.15) is 0 Å². The van der Waals surface area contributed by atoms with E-state index >= 15 is 0 Å². The number of hydrogen-bond acceptors (Lipinski definition) is 7. The Morgan fingerprint density at radius 3 is 2.58 bits per heavy atom. The highest BCUT2D eigenvalue weighted by molar-refractivity contribution is 7.99. The minimum absolute atomic E-state index is 0.112. The zero-order valence-corrected chi connectivity index (χ0v) is 20.0. The first kappa shape index (κ1) is 23.4. The predicted octanol–water partition coefficient (Wildman–Crippen LogP) is 2.54. The maximum absolute atomic E-state index is 12.9. The van der Waals surface area contributed by atoms with Crippen LogP contribution in [-0.4, -0.2) is 65.5 Å². The Morgan fingerprint density at radius 2 is 1.85 bits per heavy atom. The third kappa shape index (κ3) is 5.27. The van der Waals surface area contributed by atoms with Crippen LogP contribution in [-0.2, 0) is 26.6 Å². The van der Waals surface area contributed by atoms with Crippen LogP contribution in [0.1, 0.15) is 5.56 Å². The number of nitrogens with zero attached hydrogens (tertiary/aromatic N) is 4. The zero-order valence-electron chi connectivity index (χ0n) is 18.4. The molecule has 11 heteroatoms. The number of amides is 1. The SMILES string of the molecule is Cc1ccc(S(=O)(=O)N2CCOCC2)cc1NC(=O)CSc1nnc(-c2ccccc2)n1C. The van der Waals surface area contributed by atoms with E-state index in [-0.39, 0.29) is 16.6 Å². The van der Waals surface area contributed by atoms with Crippen LogP contribution in [0.5, 0.6) is 0 Å². The number of rotatable bonds is 7. The normalized spacial score (nSPS) is 14.8. The number of anilines is 1. The quantitative estimate of drug-likeness (QED) is 0.511. The molecule has 0 radical (unpaired) electrons. The predicted molar refractivity (Wildman–Crippen MR) is 127 cm³/mol. The molecule has 1 N–H and O–H groups in total. The molecule has 33 heavy (non-hydrogen) atoms. The molecule has 0 unspecified atom stereocenters. The maximum Gasteiger partial charge on any atom is 0.243 e. The second-order valence-corrected chi connectivity index (χ2v) is 10.4. The molecule has 1 aromatic heterocycles. The van der Waals surface area contributed by atoms with Crippen molar-refractivity contribution in [3.8, 4) is 11.4 Å². The Bertz CT molecular complexity index is 1240. The number of hydrogen-bond donors (Lipinski definition) is 1. The summed E-state index contributed by atoms with van der Waals surface area (Å²) in [6.07, 6.45) is 0. The van der Waals surface area contributed by atoms with Crippen LogP contribution in [0.2, 0.25) is 0 Å². The van der Waals surface area contributed by atoms with E-state index in [4.69, 9.17) is 4.74 Å². The van der Waals surface area contributed by atoms with E-state index in [1.54, 1.807) is 12.1 Å². The summed E-state index contributed by atoms with van der Waals surface area (Å²) in [5.41, 5.74) is 2.19. The summed E-state index contributed by atoms with van der Waals surface area (Å²) in [4.78, 5) is 12.8. The van der Waals surface area contributed by atoms with Gasteiger partial charge in [0.25, 0.3) is 0 Å². The Morgan fingerprint density at radius 1 is 1.12 bits per heavy atom. The van der Waals surface area contributed by atoms with Gasteiger partial charge in [-0.05, 0) is 24.6 Å². The maximum atomic E-state index is 12.9. The van der Waals surface area contributed by atoms with E-state index in [2.05, 4.69) is 15.5 Å². The van der Waals surface area contributed by atoms with Gasteiger partial charge in [-0.15, -0.1) is 10.2 Å². The number of thioether (sulfide) groups is 1. The highest BCUT2D eigenvalue weighted by atomic mass is 32.2. The number of carbonyl (C=O) groups excluding carboxylic acids is 1. The third-order valence-electron chi connectivity index (χ3n) is 5.29. The first-order valence-electron chi connectivity index (χ1n) is 10.4. The van der Waals surface area contributed by atoms with E-state index in [9.17, 15) is 13.2 Å². The summed E-state index contributed by atoms with van der Waals surface area (Å²) in [6.45, 7) is 3.21. The first-order chi connectivity index (χ1) is 15.9. The Balaban J connectivity index is 1.43. The third-order valence-corrected chi connectivity index (χ3v) is 8.21. The molecule has 0 aliphatic carbocycles. The molecule has 174 valence electrons. The summed E-state index contributed by atoms with van der Waals surface area (Å²) in [6, 6.07) is 14.5. The molecule has 2 heterocycles. The number of morpholine rings is 1. The molecule has 1 fully saturated rings. The fraction of sp³-hybridized carbons (Fsp3) is 0.318. The minimum Gasteiger partial charge on any atom is -0.379 e. The van der Waals surface area contributed by atoms with Crippen molar-refractivity contribution in [2.75, 3.05) is 37.4 Å². The molecule has 0 spiro atoms. The van der Waals surface area contributed by atoms with Gasteiger partial charge < -0.3 is 14.6 Å².